The molecule has 1 aromatic rings. The second-order valence-corrected chi connectivity index (χ2v) is 6.90. The lowest BCUT2D eigenvalue weighted by Gasteiger charge is -2.22. The predicted molar refractivity (Wildman–Crippen MR) is 85.2 cm³/mol. The Morgan fingerprint density at radius 2 is 1.95 bits per heavy atom. The maximum Gasteiger partial charge on any atom is 0.234 e. The molecule has 1 heterocycles. The second-order valence-electron chi connectivity index (χ2n) is 6.06. The fourth-order valence-corrected chi connectivity index (χ4v) is 3.53. The summed E-state index contributed by atoms with van der Waals surface area (Å²) in [4.78, 5) is 15.3. The van der Waals surface area contributed by atoms with E-state index in [1.54, 1.807) is 0 Å². The lowest BCUT2D eigenvalue weighted by Crippen LogP contribution is -2.41. The van der Waals surface area contributed by atoms with Crippen molar-refractivity contribution in [3.05, 3.63) is 10.6 Å². The maximum atomic E-state index is 12.2. The minimum absolute atomic E-state index is 0.137. The van der Waals surface area contributed by atoms with Crippen LogP contribution in [0.25, 0.3) is 0 Å². The van der Waals surface area contributed by atoms with Crippen molar-refractivity contribution < 1.29 is 4.79 Å². The number of carbonyl (C=O) groups is 1. The van der Waals surface area contributed by atoms with Crippen molar-refractivity contribution in [2.24, 2.45) is 0 Å². The van der Waals surface area contributed by atoms with Gasteiger partial charge in [-0.05, 0) is 38.3 Å². The quantitative estimate of drug-likeness (QED) is 0.908. The molecule has 0 unspecified atom stereocenters. The third kappa shape index (κ3) is 5.71. The fourth-order valence-electron chi connectivity index (χ4n) is 2.82. The minimum atomic E-state index is 0.137. The van der Waals surface area contributed by atoms with E-state index in [9.17, 15) is 4.79 Å². The summed E-state index contributed by atoms with van der Waals surface area (Å²) in [5, 5.41) is 7.21. The number of nitrogens with one attached hydrogen (secondary N) is 1. The number of aryl methyl sites for hydroxylation is 1. The van der Waals surface area contributed by atoms with Gasteiger partial charge in [0.05, 0.1) is 17.1 Å². The zero-order valence-electron chi connectivity index (χ0n) is 13.1. The highest BCUT2D eigenvalue weighted by atomic mass is 32.1. The molecule has 0 aromatic carbocycles. The normalized spacial score (nSPS) is 17.5. The molecule has 118 valence electrons. The van der Waals surface area contributed by atoms with Gasteiger partial charge in [-0.3, -0.25) is 9.69 Å². The van der Waals surface area contributed by atoms with Crippen LogP contribution >= 0.6 is 11.5 Å². The zero-order valence-corrected chi connectivity index (χ0v) is 13.9. The first-order valence-electron chi connectivity index (χ1n) is 7.91. The number of likely N-dealkylation sites (N-methyl/N-ethyl adjacent to an activating group) is 1. The smallest absolute Gasteiger partial charge is 0.234 e. The molecule has 0 saturated heterocycles. The first kappa shape index (κ1) is 16.4. The molecule has 1 fully saturated rings. The van der Waals surface area contributed by atoms with Crippen LogP contribution in [0.3, 0.4) is 0 Å². The Labute approximate surface area is 131 Å². The largest absolute Gasteiger partial charge is 0.352 e. The van der Waals surface area contributed by atoms with Gasteiger partial charge in [-0.2, -0.15) is 0 Å². The van der Waals surface area contributed by atoms with Crippen LogP contribution in [0.4, 0.5) is 0 Å². The van der Waals surface area contributed by atoms with Gasteiger partial charge in [-0.1, -0.05) is 36.6 Å². The van der Waals surface area contributed by atoms with E-state index in [2.05, 4.69) is 14.9 Å². The van der Waals surface area contributed by atoms with E-state index in [0.29, 0.717) is 12.6 Å². The average Bonchev–Trinajstić information content (AvgIpc) is 2.78. The number of carbonyl (C=O) groups excluding carboxylic acids is 1. The van der Waals surface area contributed by atoms with E-state index in [1.165, 1.54) is 43.6 Å². The van der Waals surface area contributed by atoms with E-state index >= 15 is 0 Å². The van der Waals surface area contributed by atoms with Crippen LogP contribution in [0.1, 0.15) is 55.5 Å². The third-order valence-electron chi connectivity index (χ3n) is 4.04. The maximum absolute atomic E-state index is 12.2. The molecule has 0 bridgehead atoms. The van der Waals surface area contributed by atoms with E-state index < -0.39 is 0 Å². The Hall–Kier alpha value is -1.01. The highest BCUT2D eigenvalue weighted by Gasteiger charge is 2.16. The average molecular weight is 310 g/mol. The third-order valence-corrected chi connectivity index (χ3v) is 4.85. The highest BCUT2D eigenvalue weighted by molar-refractivity contribution is 7.05. The Morgan fingerprint density at radius 3 is 2.57 bits per heavy atom. The molecule has 5 nitrogen and oxygen atoms in total. The van der Waals surface area contributed by atoms with Crippen LogP contribution in [-0.2, 0) is 11.3 Å². The second kappa shape index (κ2) is 8.44. The van der Waals surface area contributed by atoms with Crippen molar-refractivity contribution in [3.63, 3.8) is 0 Å². The monoisotopic (exact) mass is 310 g/mol. The van der Waals surface area contributed by atoms with Crippen molar-refractivity contribution in [1.82, 2.24) is 19.8 Å². The van der Waals surface area contributed by atoms with E-state index in [4.69, 9.17) is 0 Å². The van der Waals surface area contributed by atoms with E-state index in [0.717, 1.165) is 30.0 Å². The Balaban J connectivity index is 1.73. The lowest BCUT2D eigenvalue weighted by molar-refractivity contribution is -0.122. The SMILES string of the molecule is Cc1nnsc1CN(C)CC(=O)NC1CCCCCCC1. The summed E-state index contributed by atoms with van der Waals surface area (Å²) in [6, 6.07) is 0.373. The van der Waals surface area contributed by atoms with Crippen LogP contribution < -0.4 is 5.32 Å². The molecule has 6 heteroatoms. The Bertz CT molecular complexity index is 441. The molecule has 0 aliphatic heterocycles. The number of amides is 1. The Morgan fingerprint density at radius 1 is 1.29 bits per heavy atom. The summed E-state index contributed by atoms with van der Waals surface area (Å²) in [5.74, 6) is 0.137. The molecular weight excluding hydrogens is 284 g/mol. The van der Waals surface area contributed by atoms with Crippen LogP contribution in [-0.4, -0.2) is 40.0 Å². The zero-order chi connectivity index (χ0) is 15.1. The Kier molecular flexibility index (Phi) is 6.57. The summed E-state index contributed by atoms with van der Waals surface area (Å²) in [5.41, 5.74) is 0.965. The molecule has 21 heavy (non-hydrogen) atoms. The first-order valence-corrected chi connectivity index (χ1v) is 8.68. The standard InChI is InChI=1S/C15H26N4OS/c1-12-14(21-18-17-12)10-19(2)11-15(20)16-13-8-6-4-3-5-7-9-13/h13H,3-11H2,1-2H3,(H,16,20). The van der Waals surface area contributed by atoms with Gasteiger partial charge < -0.3 is 5.32 Å². The van der Waals surface area contributed by atoms with E-state index in [1.807, 2.05) is 18.9 Å². The molecule has 1 N–H and O–H groups in total. The molecule has 1 saturated carbocycles. The predicted octanol–water partition coefficient (Wildman–Crippen LogP) is 2.51. The highest BCUT2D eigenvalue weighted by Crippen LogP contribution is 2.17. The topological polar surface area (TPSA) is 58.1 Å². The number of rotatable bonds is 5. The first-order chi connectivity index (χ1) is 10.1. The summed E-state index contributed by atoms with van der Waals surface area (Å²) in [6.07, 6.45) is 8.72. The molecule has 0 atom stereocenters. The molecule has 1 aromatic heterocycles. The van der Waals surface area contributed by atoms with Crippen molar-refractivity contribution in [2.45, 2.75) is 64.5 Å². The van der Waals surface area contributed by atoms with Gasteiger partial charge in [0.1, 0.15) is 0 Å². The molecule has 0 spiro atoms. The molecule has 1 aliphatic carbocycles. The number of aromatic nitrogens is 2. The molecular formula is C15H26N4OS. The number of hydrogen-bond donors (Lipinski definition) is 1. The molecule has 1 amide bonds. The van der Waals surface area contributed by atoms with Crippen LogP contribution in [0.15, 0.2) is 0 Å². The van der Waals surface area contributed by atoms with Crippen molar-refractivity contribution in [3.8, 4) is 0 Å². The van der Waals surface area contributed by atoms with Crippen molar-refractivity contribution in [1.29, 1.82) is 0 Å². The summed E-state index contributed by atoms with van der Waals surface area (Å²) >= 11 is 1.41. The number of nitrogens with zero attached hydrogens (tertiary/aromatic N) is 3. The van der Waals surface area contributed by atoms with Crippen molar-refractivity contribution in [2.75, 3.05) is 13.6 Å². The van der Waals surface area contributed by atoms with Gasteiger partial charge in [0.2, 0.25) is 5.91 Å². The van der Waals surface area contributed by atoms with Gasteiger partial charge in [0.25, 0.3) is 0 Å². The summed E-state index contributed by atoms with van der Waals surface area (Å²) in [6.45, 7) is 3.14. The van der Waals surface area contributed by atoms with Crippen molar-refractivity contribution >= 4 is 17.4 Å². The molecule has 1 aliphatic rings. The van der Waals surface area contributed by atoms with Gasteiger partial charge in [0.15, 0.2) is 0 Å². The molecule has 2 rings (SSSR count). The van der Waals surface area contributed by atoms with E-state index in [-0.39, 0.29) is 5.91 Å². The van der Waals surface area contributed by atoms with Gasteiger partial charge in [-0.15, -0.1) is 5.10 Å². The summed E-state index contributed by atoms with van der Waals surface area (Å²) in [7, 11) is 1.97. The fraction of sp³-hybridized carbons (Fsp3) is 0.800. The molecule has 0 radical (unpaired) electrons. The minimum Gasteiger partial charge on any atom is -0.352 e. The lowest BCUT2D eigenvalue weighted by atomic mass is 9.97. The number of hydrogen-bond acceptors (Lipinski definition) is 5. The van der Waals surface area contributed by atoms with Crippen LogP contribution in [0, 0.1) is 6.92 Å². The van der Waals surface area contributed by atoms with Gasteiger partial charge in [0, 0.05) is 12.6 Å². The summed E-state index contributed by atoms with van der Waals surface area (Å²) < 4.78 is 3.93. The van der Waals surface area contributed by atoms with Crippen LogP contribution in [0.5, 0.6) is 0 Å². The van der Waals surface area contributed by atoms with Gasteiger partial charge in [-0.25, -0.2) is 0 Å². The van der Waals surface area contributed by atoms with Crippen LogP contribution in [0.2, 0.25) is 0 Å². The van der Waals surface area contributed by atoms with Gasteiger partial charge >= 0.3 is 0 Å².